The second kappa shape index (κ2) is 5.91. The molecule has 1 aliphatic rings. The van der Waals surface area contributed by atoms with Crippen molar-refractivity contribution >= 4 is 11.8 Å². The van der Waals surface area contributed by atoms with E-state index < -0.39 is 36.5 Å². The third-order valence-electron chi connectivity index (χ3n) is 2.59. The maximum absolute atomic E-state index is 9.79. The van der Waals surface area contributed by atoms with Crippen molar-refractivity contribution in [2.75, 3.05) is 6.61 Å². The molecule has 5 atom stereocenters. The number of aliphatic hydroxyl groups is 4. The highest BCUT2D eigenvalue weighted by atomic mass is 32.2. The van der Waals surface area contributed by atoms with Crippen molar-refractivity contribution in [3.8, 4) is 0 Å². The molecule has 0 radical (unpaired) electrons. The predicted molar refractivity (Wildman–Crippen MR) is 61.7 cm³/mol. The zero-order chi connectivity index (χ0) is 13.1. The summed E-state index contributed by atoms with van der Waals surface area (Å²) in [5, 5.41) is 38.2. The van der Waals surface area contributed by atoms with E-state index in [0.29, 0.717) is 5.16 Å². The number of rotatable bonds is 4. The van der Waals surface area contributed by atoms with Crippen LogP contribution in [0.4, 0.5) is 0 Å². The Balaban J connectivity index is 2.03. The summed E-state index contributed by atoms with van der Waals surface area (Å²) < 4.78 is 5.32. The van der Waals surface area contributed by atoms with Gasteiger partial charge in [-0.15, -0.1) is 0 Å². The van der Waals surface area contributed by atoms with Gasteiger partial charge < -0.3 is 25.2 Å². The zero-order valence-corrected chi connectivity index (χ0v) is 10.1. The first-order valence-corrected chi connectivity index (χ1v) is 6.25. The number of hydrogen-bond donors (Lipinski definition) is 4. The molecule has 0 aromatic carbocycles. The Kier molecular flexibility index (Phi) is 4.49. The standard InChI is InChI=1S/C10H14N2O5S/c13-4-5(14)8-6(15)7(16)9(17-8)18-10-11-2-1-3-12-10/h1-3,5-9,13-16H,4H2/t5-,6-,7-,8+,9+/m1/s1. The van der Waals surface area contributed by atoms with Crippen LogP contribution in [-0.4, -0.2) is 66.9 Å². The highest BCUT2D eigenvalue weighted by Gasteiger charge is 2.46. The highest BCUT2D eigenvalue weighted by Crippen LogP contribution is 2.33. The van der Waals surface area contributed by atoms with Crippen LogP contribution in [0.2, 0.25) is 0 Å². The van der Waals surface area contributed by atoms with Crippen LogP contribution in [0.5, 0.6) is 0 Å². The predicted octanol–water partition coefficient (Wildman–Crippen LogP) is -1.63. The summed E-state index contributed by atoms with van der Waals surface area (Å²) in [7, 11) is 0. The van der Waals surface area contributed by atoms with Gasteiger partial charge in [0.15, 0.2) is 5.16 Å². The molecular weight excluding hydrogens is 260 g/mol. The smallest absolute Gasteiger partial charge is 0.190 e. The van der Waals surface area contributed by atoms with Gasteiger partial charge in [0, 0.05) is 12.4 Å². The molecule has 100 valence electrons. The van der Waals surface area contributed by atoms with E-state index >= 15 is 0 Å². The van der Waals surface area contributed by atoms with Crippen LogP contribution < -0.4 is 0 Å². The molecule has 1 aromatic heterocycles. The number of hydrogen-bond acceptors (Lipinski definition) is 8. The van der Waals surface area contributed by atoms with Crippen molar-refractivity contribution in [3.05, 3.63) is 18.5 Å². The van der Waals surface area contributed by atoms with Gasteiger partial charge in [0.1, 0.15) is 29.9 Å². The van der Waals surface area contributed by atoms with Gasteiger partial charge in [-0.2, -0.15) is 0 Å². The average molecular weight is 274 g/mol. The monoisotopic (exact) mass is 274 g/mol. The minimum Gasteiger partial charge on any atom is -0.394 e. The van der Waals surface area contributed by atoms with Crippen LogP contribution in [0.15, 0.2) is 23.6 Å². The van der Waals surface area contributed by atoms with Gasteiger partial charge in [-0.3, -0.25) is 0 Å². The van der Waals surface area contributed by atoms with Gasteiger partial charge >= 0.3 is 0 Å². The lowest BCUT2D eigenvalue weighted by molar-refractivity contribution is -0.0713. The largest absolute Gasteiger partial charge is 0.394 e. The first kappa shape index (κ1) is 13.7. The third kappa shape index (κ3) is 2.79. The van der Waals surface area contributed by atoms with E-state index in [0.717, 1.165) is 11.8 Å². The van der Waals surface area contributed by atoms with Gasteiger partial charge in [0.25, 0.3) is 0 Å². The summed E-state index contributed by atoms with van der Waals surface area (Å²) in [6.07, 6.45) is -1.60. The van der Waals surface area contributed by atoms with E-state index in [2.05, 4.69) is 9.97 Å². The molecule has 0 saturated carbocycles. The van der Waals surface area contributed by atoms with Crippen molar-refractivity contribution in [2.24, 2.45) is 0 Å². The van der Waals surface area contributed by atoms with Crippen LogP contribution in [0.1, 0.15) is 0 Å². The Morgan fingerprint density at radius 1 is 1.28 bits per heavy atom. The minimum absolute atomic E-state index is 0.396. The number of thioether (sulfide) groups is 1. The maximum Gasteiger partial charge on any atom is 0.190 e. The van der Waals surface area contributed by atoms with Crippen molar-refractivity contribution in [3.63, 3.8) is 0 Å². The van der Waals surface area contributed by atoms with Crippen LogP contribution in [-0.2, 0) is 4.74 Å². The molecular formula is C10H14N2O5S. The van der Waals surface area contributed by atoms with Crippen molar-refractivity contribution in [1.82, 2.24) is 9.97 Å². The summed E-state index contributed by atoms with van der Waals surface area (Å²) >= 11 is 1.05. The molecule has 0 spiro atoms. The van der Waals surface area contributed by atoms with Gasteiger partial charge in [-0.25, -0.2) is 9.97 Å². The Morgan fingerprint density at radius 2 is 1.94 bits per heavy atom. The van der Waals surface area contributed by atoms with Gasteiger partial charge in [-0.05, 0) is 6.07 Å². The molecule has 2 heterocycles. The summed E-state index contributed by atoms with van der Waals surface area (Å²) in [5.41, 5.74) is -0.784. The first-order chi connectivity index (χ1) is 8.63. The Bertz CT molecular complexity index is 382. The molecule has 1 saturated heterocycles. The summed E-state index contributed by atoms with van der Waals surface area (Å²) in [6.45, 7) is -0.548. The number of aliphatic hydroxyl groups excluding tert-OH is 4. The molecule has 0 amide bonds. The van der Waals surface area contributed by atoms with Gasteiger partial charge in [-0.1, -0.05) is 11.8 Å². The SMILES string of the molecule is OC[C@@H](O)[C@@H]1O[C@@H](Sc2ncccn2)[C@H](O)[C@H]1O. The topological polar surface area (TPSA) is 116 Å². The Labute approximate surface area is 107 Å². The maximum atomic E-state index is 9.79. The van der Waals surface area contributed by atoms with Crippen LogP contribution in [0.25, 0.3) is 0 Å². The van der Waals surface area contributed by atoms with Crippen LogP contribution in [0.3, 0.4) is 0 Å². The summed E-state index contributed by atoms with van der Waals surface area (Å²) in [4.78, 5) is 7.92. The molecule has 1 aliphatic heterocycles. The fraction of sp³-hybridized carbons (Fsp3) is 0.600. The van der Waals surface area contributed by atoms with Crippen molar-refractivity contribution in [2.45, 2.75) is 35.0 Å². The minimum atomic E-state index is -1.26. The number of ether oxygens (including phenoxy) is 1. The third-order valence-corrected chi connectivity index (χ3v) is 3.63. The normalized spacial score (nSPS) is 33.6. The molecule has 18 heavy (non-hydrogen) atoms. The summed E-state index contributed by atoms with van der Waals surface area (Å²) in [5.74, 6) is 0. The molecule has 0 aliphatic carbocycles. The zero-order valence-electron chi connectivity index (χ0n) is 9.33. The molecule has 2 rings (SSSR count). The molecule has 0 bridgehead atoms. The van der Waals surface area contributed by atoms with Gasteiger partial charge in [0.2, 0.25) is 0 Å². The first-order valence-electron chi connectivity index (χ1n) is 5.37. The number of nitrogens with zero attached hydrogens (tertiary/aromatic N) is 2. The highest BCUT2D eigenvalue weighted by molar-refractivity contribution is 7.99. The van der Waals surface area contributed by atoms with Crippen LogP contribution in [0, 0.1) is 0 Å². The molecule has 0 unspecified atom stereocenters. The van der Waals surface area contributed by atoms with Gasteiger partial charge in [0.05, 0.1) is 6.61 Å². The molecule has 1 fully saturated rings. The van der Waals surface area contributed by atoms with E-state index in [1.54, 1.807) is 18.5 Å². The molecule has 4 N–H and O–H groups in total. The Morgan fingerprint density at radius 3 is 2.56 bits per heavy atom. The van der Waals surface area contributed by atoms with Crippen LogP contribution >= 0.6 is 11.8 Å². The average Bonchev–Trinajstić information content (AvgIpc) is 2.67. The van der Waals surface area contributed by atoms with E-state index in [1.165, 1.54) is 0 Å². The molecule has 1 aromatic rings. The summed E-state index contributed by atoms with van der Waals surface area (Å²) in [6, 6.07) is 1.66. The fourth-order valence-electron chi connectivity index (χ4n) is 1.64. The van der Waals surface area contributed by atoms with E-state index in [4.69, 9.17) is 9.84 Å². The second-order valence-corrected chi connectivity index (χ2v) is 4.91. The van der Waals surface area contributed by atoms with E-state index in [1.807, 2.05) is 0 Å². The van der Waals surface area contributed by atoms with E-state index in [-0.39, 0.29) is 0 Å². The van der Waals surface area contributed by atoms with E-state index in [9.17, 15) is 15.3 Å². The second-order valence-electron chi connectivity index (χ2n) is 3.85. The lowest BCUT2D eigenvalue weighted by atomic mass is 10.1. The quantitative estimate of drug-likeness (QED) is 0.484. The molecule has 7 nitrogen and oxygen atoms in total. The van der Waals surface area contributed by atoms with Crippen molar-refractivity contribution in [1.29, 1.82) is 0 Å². The number of aromatic nitrogens is 2. The lowest BCUT2D eigenvalue weighted by Gasteiger charge is -2.18. The lowest BCUT2D eigenvalue weighted by Crippen LogP contribution is -2.40. The fourth-order valence-corrected chi connectivity index (χ4v) is 2.58. The Hall–Kier alpha value is -0.770. The van der Waals surface area contributed by atoms with Crippen molar-refractivity contribution < 1.29 is 25.2 Å². The molecule has 8 heteroatoms.